The average Bonchev–Trinajstić information content (AvgIpc) is 2.45. The first kappa shape index (κ1) is 16.1. The van der Waals surface area contributed by atoms with Crippen LogP contribution in [0.5, 0.6) is 0 Å². The van der Waals surface area contributed by atoms with Crippen molar-refractivity contribution in [3.8, 4) is 6.07 Å². The van der Waals surface area contributed by atoms with Gasteiger partial charge in [0.2, 0.25) is 0 Å². The van der Waals surface area contributed by atoms with Gasteiger partial charge in [-0.05, 0) is 45.7 Å². The quantitative estimate of drug-likeness (QED) is 0.908. The summed E-state index contributed by atoms with van der Waals surface area (Å²) in [5.74, 6) is 0. The zero-order valence-corrected chi connectivity index (χ0v) is 13.3. The van der Waals surface area contributed by atoms with E-state index in [2.05, 4.69) is 21.3 Å². The lowest BCUT2D eigenvalue weighted by atomic mass is 10.0. The molecule has 1 aromatic rings. The second kappa shape index (κ2) is 6.65. The maximum Gasteiger partial charge on any atom is 0.407 e. The van der Waals surface area contributed by atoms with E-state index in [9.17, 15) is 4.79 Å². The van der Waals surface area contributed by atoms with Gasteiger partial charge in [0.05, 0.1) is 5.69 Å². The van der Waals surface area contributed by atoms with Crippen LogP contribution in [0.3, 0.4) is 0 Å². The number of hydrogen-bond donors (Lipinski definition) is 1. The Balaban J connectivity index is 2.00. The van der Waals surface area contributed by atoms with Crippen molar-refractivity contribution in [3.63, 3.8) is 0 Å². The molecule has 2 heterocycles. The van der Waals surface area contributed by atoms with Gasteiger partial charge in [0.15, 0.2) is 5.69 Å². The second-order valence-electron chi connectivity index (χ2n) is 6.41. The molecule has 0 bridgehead atoms. The minimum Gasteiger partial charge on any atom is -0.444 e. The number of carbonyl (C=O) groups is 1. The molecule has 0 spiro atoms. The van der Waals surface area contributed by atoms with Crippen LogP contribution >= 0.6 is 0 Å². The molecule has 1 saturated heterocycles. The first-order chi connectivity index (χ1) is 10.4. The summed E-state index contributed by atoms with van der Waals surface area (Å²) in [5.41, 5.74) is 0.733. The summed E-state index contributed by atoms with van der Waals surface area (Å²) in [6.45, 7) is 7.03. The maximum absolute atomic E-state index is 11.9. The third-order valence-electron chi connectivity index (χ3n) is 3.38. The Morgan fingerprint density at radius 1 is 1.55 bits per heavy atom. The summed E-state index contributed by atoms with van der Waals surface area (Å²) in [7, 11) is 0. The molecule has 1 N–H and O–H groups in total. The van der Waals surface area contributed by atoms with Gasteiger partial charge in [-0.2, -0.15) is 5.26 Å². The van der Waals surface area contributed by atoms with Crippen LogP contribution in [0.1, 0.15) is 39.3 Å². The summed E-state index contributed by atoms with van der Waals surface area (Å²) >= 11 is 0. The number of alkyl carbamates (subject to hydrolysis) is 1. The van der Waals surface area contributed by atoms with Gasteiger partial charge >= 0.3 is 6.09 Å². The Morgan fingerprint density at radius 2 is 2.32 bits per heavy atom. The molecule has 6 heteroatoms. The Labute approximate surface area is 131 Å². The van der Waals surface area contributed by atoms with Crippen LogP contribution in [-0.4, -0.2) is 35.8 Å². The normalized spacial score (nSPS) is 18.5. The molecule has 0 aliphatic carbocycles. The number of nitrogens with one attached hydrogen (secondary N) is 1. The van der Waals surface area contributed by atoms with Crippen LogP contribution in [-0.2, 0) is 4.74 Å². The van der Waals surface area contributed by atoms with Gasteiger partial charge in [-0.3, -0.25) is 0 Å². The highest BCUT2D eigenvalue weighted by Crippen LogP contribution is 2.22. The van der Waals surface area contributed by atoms with Crippen molar-refractivity contribution >= 4 is 11.8 Å². The smallest absolute Gasteiger partial charge is 0.407 e. The number of nitrogens with zero attached hydrogens (tertiary/aromatic N) is 3. The van der Waals surface area contributed by atoms with E-state index in [-0.39, 0.29) is 6.04 Å². The van der Waals surface area contributed by atoms with Crippen LogP contribution in [0.4, 0.5) is 10.5 Å². The third-order valence-corrected chi connectivity index (χ3v) is 3.38. The fourth-order valence-electron chi connectivity index (χ4n) is 2.53. The number of nitriles is 1. The fourth-order valence-corrected chi connectivity index (χ4v) is 2.53. The predicted octanol–water partition coefficient (Wildman–Crippen LogP) is 2.45. The molecule has 2 rings (SSSR count). The first-order valence-electron chi connectivity index (χ1n) is 7.48. The molecule has 6 nitrogen and oxygen atoms in total. The molecule has 0 saturated carbocycles. The summed E-state index contributed by atoms with van der Waals surface area (Å²) in [5, 5.41) is 12.1. The number of anilines is 1. The zero-order chi connectivity index (χ0) is 16.2. The van der Waals surface area contributed by atoms with Crippen LogP contribution < -0.4 is 10.2 Å². The number of hydrogen-bond acceptors (Lipinski definition) is 5. The Bertz CT molecular complexity index is 574. The Morgan fingerprint density at radius 3 is 3.00 bits per heavy atom. The molecule has 1 aromatic heterocycles. The van der Waals surface area contributed by atoms with Gasteiger partial charge in [-0.25, -0.2) is 9.78 Å². The predicted molar refractivity (Wildman–Crippen MR) is 83.6 cm³/mol. The monoisotopic (exact) mass is 302 g/mol. The summed E-state index contributed by atoms with van der Waals surface area (Å²) in [6, 6.07) is 5.84. The Hall–Kier alpha value is -2.29. The fraction of sp³-hybridized carbons (Fsp3) is 0.562. The van der Waals surface area contributed by atoms with E-state index in [0.29, 0.717) is 12.2 Å². The number of ether oxygens (including phenoxy) is 1. The minimum atomic E-state index is -0.504. The van der Waals surface area contributed by atoms with Crippen molar-refractivity contribution in [2.75, 3.05) is 18.0 Å². The van der Waals surface area contributed by atoms with E-state index in [0.717, 1.165) is 25.1 Å². The number of pyridine rings is 1. The highest BCUT2D eigenvalue weighted by Gasteiger charge is 2.25. The molecular weight excluding hydrogens is 280 g/mol. The summed E-state index contributed by atoms with van der Waals surface area (Å²) < 4.78 is 5.29. The molecule has 1 unspecified atom stereocenters. The van der Waals surface area contributed by atoms with Gasteiger partial charge in [-0.15, -0.1) is 0 Å². The molecule has 1 aliphatic rings. The van der Waals surface area contributed by atoms with Gasteiger partial charge in [0, 0.05) is 25.3 Å². The second-order valence-corrected chi connectivity index (χ2v) is 6.41. The van der Waals surface area contributed by atoms with E-state index in [1.807, 2.05) is 32.9 Å². The highest BCUT2D eigenvalue weighted by atomic mass is 16.6. The highest BCUT2D eigenvalue weighted by molar-refractivity contribution is 5.68. The molecule has 1 fully saturated rings. The first-order valence-corrected chi connectivity index (χ1v) is 7.48. The van der Waals surface area contributed by atoms with Crippen LogP contribution in [0.2, 0.25) is 0 Å². The molecule has 1 aliphatic heterocycles. The van der Waals surface area contributed by atoms with Gasteiger partial charge < -0.3 is 15.0 Å². The number of aromatic nitrogens is 1. The summed E-state index contributed by atoms with van der Waals surface area (Å²) in [6.07, 6.45) is 3.06. The molecule has 22 heavy (non-hydrogen) atoms. The number of carbonyl (C=O) groups excluding carboxylic acids is 1. The van der Waals surface area contributed by atoms with Crippen molar-refractivity contribution in [2.45, 2.75) is 45.3 Å². The molecule has 0 radical (unpaired) electrons. The molecule has 0 aromatic carbocycles. The van der Waals surface area contributed by atoms with Crippen molar-refractivity contribution in [2.24, 2.45) is 0 Å². The topological polar surface area (TPSA) is 78.2 Å². The lowest BCUT2D eigenvalue weighted by molar-refractivity contribution is 0.0500. The van der Waals surface area contributed by atoms with Crippen molar-refractivity contribution in [1.82, 2.24) is 10.3 Å². The van der Waals surface area contributed by atoms with E-state index >= 15 is 0 Å². The molecule has 1 amide bonds. The standard InChI is InChI=1S/C16H22N4O2/c1-16(2,3)22-15(21)19-12-6-5-9-20(11-12)14-7-4-8-18-13(14)10-17/h4,7-8,12H,5-6,9,11H2,1-3H3,(H,19,21). The van der Waals surface area contributed by atoms with E-state index in [1.165, 1.54) is 0 Å². The van der Waals surface area contributed by atoms with Crippen molar-refractivity contribution in [3.05, 3.63) is 24.0 Å². The van der Waals surface area contributed by atoms with Crippen LogP contribution in [0, 0.1) is 11.3 Å². The average molecular weight is 302 g/mol. The molecule has 118 valence electrons. The lowest BCUT2D eigenvalue weighted by Gasteiger charge is -2.35. The van der Waals surface area contributed by atoms with Crippen molar-refractivity contribution in [1.29, 1.82) is 5.26 Å². The zero-order valence-electron chi connectivity index (χ0n) is 13.3. The number of piperidine rings is 1. The van der Waals surface area contributed by atoms with Crippen LogP contribution in [0.15, 0.2) is 18.3 Å². The third kappa shape index (κ3) is 4.35. The minimum absolute atomic E-state index is 0.00958. The molecule has 1 atom stereocenters. The Kier molecular flexibility index (Phi) is 4.86. The van der Waals surface area contributed by atoms with Gasteiger partial charge in [-0.1, -0.05) is 0 Å². The number of rotatable bonds is 2. The van der Waals surface area contributed by atoms with Gasteiger partial charge in [0.25, 0.3) is 0 Å². The van der Waals surface area contributed by atoms with E-state index in [4.69, 9.17) is 10.00 Å². The van der Waals surface area contributed by atoms with Gasteiger partial charge in [0.1, 0.15) is 11.7 Å². The summed E-state index contributed by atoms with van der Waals surface area (Å²) in [4.78, 5) is 18.1. The van der Waals surface area contributed by atoms with E-state index in [1.54, 1.807) is 6.20 Å². The lowest BCUT2D eigenvalue weighted by Crippen LogP contribution is -2.49. The number of amides is 1. The molecular formula is C16H22N4O2. The largest absolute Gasteiger partial charge is 0.444 e. The van der Waals surface area contributed by atoms with Crippen molar-refractivity contribution < 1.29 is 9.53 Å². The van der Waals surface area contributed by atoms with Crippen LogP contribution in [0.25, 0.3) is 0 Å². The van der Waals surface area contributed by atoms with E-state index < -0.39 is 11.7 Å². The maximum atomic E-state index is 11.9. The SMILES string of the molecule is CC(C)(C)OC(=O)NC1CCCN(c2cccnc2C#N)C1.